The minimum absolute atomic E-state index is 0.125. The maximum absolute atomic E-state index is 11.4. The molecule has 0 spiro atoms. The van der Waals surface area contributed by atoms with E-state index in [1.807, 2.05) is 6.92 Å². The molecule has 0 saturated carbocycles. The topological polar surface area (TPSA) is 61.4 Å². The first-order valence-electron chi connectivity index (χ1n) is 4.35. The molecule has 1 aliphatic rings. The predicted octanol–water partition coefficient (Wildman–Crippen LogP) is -0.465. The highest BCUT2D eigenvalue weighted by Gasteiger charge is 2.35. The summed E-state index contributed by atoms with van der Waals surface area (Å²) in [6, 6.07) is -0.545. The zero-order valence-electron chi connectivity index (χ0n) is 8.13. The number of nitrogens with one attached hydrogen (secondary N) is 2. The summed E-state index contributed by atoms with van der Waals surface area (Å²) in [6.45, 7) is 4.03. The van der Waals surface area contributed by atoms with E-state index < -0.39 is 0 Å². The highest BCUT2D eigenvalue weighted by Crippen LogP contribution is 2.05. The summed E-state index contributed by atoms with van der Waals surface area (Å²) in [6.07, 6.45) is 0. The third-order valence-corrected chi connectivity index (χ3v) is 2.17. The second-order valence-electron chi connectivity index (χ2n) is 3.31. The second-order valence-corrected chi connectivity index (χ2v) is 3.31. The molecule has 0 aromatic heterocycles. The Balaban J connectivity index is 2.59. The molecule has 0 aromatic rings. The van der Waals surface area contributed by atoms with Crippen LogP contribution >= 0.6 is 0 Å². The van der Waals surface area contributed by atoms with Crippen molar-refractivity contribution in [1.29, 1.82) is 0 Å². The summed E-state index contributed by atoms with van der Waals surface area (Å²) >= 11 is 0. The average molecular weight is 185 g/mol. The second kappa shape index (κ2) is 3.74. The molecule has 2 N–H and O–H groups in total. The number of rotatable bonds is 3. The Morgan fingerprint density at radius 2 is 2.23 bits per heavy atom. The lowest BCUT2D eigenvalue weighted by molar-refractivity contribution is -0.127. The van der Waals surface area contributed by atoms with Gasteiger partial charge in [0.25, 0.3) is 5.91 Å². The van der Waals surface area contributed by atoms with E-state index in [9.17, 15) is 9.59 Å². The highest BCUT2D eigenvalue weighted by atomic mass is 16.2. The smallest absolute Gasteiger partial charge is 0.324 e. The fourth-order valence-electron chi connectivity index (χ4n) is 1.20. The fraction of sp³-hybridized carbons (Fsp3) is 0.750. The number of urea groups is 1. The van der Waals surface area contributed by atoms with Crippen LogP contribution in [0.4, 0.5) is 4.79 Å². The Morgan fingerprint density at radius 3 is 2.62 bits per heavy atom. The third kappa shape index (κ3) is 1.98. The van der Waals surface area contributed by atoms with Gasteiger partial charge in [0.2, 0.25) is 0 Å². The summed E-state index contributed by atoms with van der Waals surface area (Å²) in [5.41, 5.74) is 0. The average Bonchev–Trinajstić information content (AvgIpc) is 2.32. The molecule has 0 aromatic carbocycles. The van der Waals surface area contributed by atoms with Gasteiger partial charge in [-0.1, -0.05) is 0 Å². The van der Waals surface area contributed by atoms with Crippen LogP contribution in [-0.4, -0.2) is 42.5 Å². The van der Waals surface area contributed by atoms with Gasteiger partial charge in [0.05, 0.1) is 0 Å². The summed E-state index contributed by atoms with van der Waals surface area (Å²) in [5.74, 6) is -0.146. The van der Waals surface area contributed by atoms with Crippen LogP contribution in [0.25, 0.3) is 0 Å². The van der Waals surface area contributed by atoms with Crippen LogP contribution in [-0.2, 0) is 4.79 Å². The molecule has 1 heterocycles. The molecule has 5 heteroatoms. The van der Waals surface area contributed by atoms with Crippen molar-refractivity contribution in [2.24, 2.45) is 0 Å². The summed E-state index contributed by atoms with van der Waals surface area (Å²) in [7, 11) is 1.80. The Bertz CT molecular complexity index is 229. The molecule has 0 aliphatic carbocycles. The Hall–Kier alpha value is -1.10. The van der Waals surface area contributed by atoms with E-state index in [1.54, 1.807) is 14.0 Å². The van der Waals surface area contributed by atoms with Gasteiger partial charge in [-0.15, -0.1) is 0 Å². The van der Waals surface area contributed by atoms with Gasteiger partial charge < -0.3 is 10.6 Å². The molecular weight excluding hydrogens is 170 g/mol. The first kappa shape index (κ1) is 9.98. The van der Waals surface area contributed by atoms with Crippen molar-refractivity contribution in [3.8, 4) is 0 Å². The standard InChI is InChI=1S/C8H15N3O2/c1-5(9-3)4-11-7(12)6(2)10-8(11)13/h5-6,9H,4H2,1-3H3,(H,10,13). The minimum Gasteiger partial charge on any atom is -0.326 e. The van der Waals surface area contributed by atoms with Crippen molar-refractivity contribution >= 4 is 11.9 Å². The monoisotopic (exact) mass is 185 g/mol. The lowest BCUT2D eigenvalue weighted by Crippen LogP contribution is -2.41. The van der Waals surface area contributed by atoms with Crippen LogP contribution in [0.3, 0.4) is 0 Å². The molecule has 1 rings (SSSR count). The molecule has 0 radical (unpaired) electrons. The van der Waals surface area contributed by atoms with Crippen molar-refractivity contribution in [1.82, 2.24) is 15.5 Å². The van der Waals surface area contributed by atoms with Crippen LogP contribution in [0.15, 0.2) is 0 Å². The van der Waals surface area contributed by atoms with Gasteiger partial charge in [-0.05, 0) is 20.9 Å². The Labute approximate surface area is 77.5 Å². The summed E-state index contributed by atoms with van der Waals surface area (Å²) in [5, 5.41) is 5.53. The molecule has 1 fully saturated rings. The first-order chi connectivity index (χ1) is 6.06. The number of likely N-dealkylation sites (N-methyl/N-ethyl adjacent to an activating group) is 1. The maximum atomic E-state index is 11.4. The van der Waals surface area contributed by atoms with E-state index in [-0.39, 0.29) is 24.0 Å². The van der Waals surface area contributed by atoms with E-state index in [4.69, 9.17) is 0 Å². The molecule has 1 saturated heterocycles. The zero-order chi connectivity index (χ0) is 10.0. The van der Waals surface area contributed by atoms with E-state index in [0.29, 0.717) is 6.54 Å². The van der Waals surface area contributed by atoms with Gasteiger partial charge in [0.1, 0.15) is 6.04 Å². The molecule has 1 aliphatic heterocycles. The first-order valence-corrected chi connectivity index (χ1v) is 4.35. The number of hydrogen-bond acceptors (Lipinski definition) is 3. The van der Waals surface area contributed by atoms with Crippen LogP contribution in [0.1, 0.15) is 13.8 Å². The molecule has 2 unspecified atom stereocenters. The Kier molecular flexibility index (Phi) is 2.87. The number of nitrogens with zero attached hydrogens (tertiary/aromatic N) is 1. The predicted molar refractivity (Wildman–Crippen MR) is 48.2 cm³/mol. The van der Waals surface area contributed by atoms with Gasteiger partial charge in [0.15, 0.2) is 0 Å². The van der Waals surface area contributed by atoms with Crippen LogP contribution in [0.2, 0.25) is 0 Å². The molecule has 13 heavy (non-hydrogen) atoms. The van der Waals surface area contributed by atoms with Crippen LogP contribution in [0, 0.1) is 0 Å². The molecule has 5 nitrogen and oxygen atoms in total. The van der Waals surface area contributed by atoms with E-state index in [1.165, 1.54) is 4.90 Å². The Morgan fingerprint density at radius 1 is 1.62 bits per heavy atom. The van der Waals surface area contributed by atoms with Gasteiger partial charge in [-0.25, -0.2) is 4.79 Å². The fourth-order valence-corrected chi connectivity index (χ4v) is 1.20. The highest BCUT2D eigenvalue weighted by molar-refractivity contribution is 6.03. The summed E-state index contributed by atoms with van der Waals surface area (Å²) < 4.78 is 0. The largest absolute Gasteiger partial charge is 0.326 e. The molecule has 74 valence electrons. The summed E-state index contributed by atoms with van der Waals surface area (Å²) in [4.78, 5) is 23.8. The third-order valence-electron chi connectivity index (χ3n) is 2.17. The zero-order valence-corrected chi connectivity index (χ0v) is 8.13. The van der Waals surface area contributed by atoms with Crippen molar-refractivity contribution in [2.45, 2.75) is 25.9 Å². The van der Waals surface area contributed by atoms with Gasteiger partial charge >= 0.3 is 6.03 Å². The quantitative estimate of drug-likeness (QED) is 0.585. The van der Waals surface area contributed by atoms with E-state index >= 15 is 0 Å². The van der Waals surface area contributed by atoms with Crippen molar-refractivity contribution in [2.75, 3.05) is 13.6 Å². The van der Waals surface area contributed by atoms with Crippen LogP contribution < -0.4 is 10.6 Å². The minimum atomic E-state index is -0.378. The molecule has 2 atom stereocenters. The normalized spacial score (nSPS) is 24.8. The molecule has 3 amide bonds. The van der Waals surface area contributed by atoms with Gasteiger partial charge in [0, 0.05) is 12.6 Å². The maximum Gasteiger partial charge on any atom is 0.324 e. The molecular formula is C8H15N3O2. The van der Waals surface area contributed by atoms with E-state index in [2.05, 4.69) is 10.6 Å². The van der Waals surface area contributed by atoms with Crippen molar-refractivity contribution < 1.29 is 9.59 Å². The lowest BCUT2D eigenvalue weighted by Gasteiger charge is -2.17. The number of imide groups is 1. The number of hydrogen-bond donors (Lipinski definition) is 2. The number of amides is 3. The SMILES string of the molecule is CNC(C)CN1C(=O)NC(C)C1=O. The van der Waals surface area contributed by atoms with E-state index in [0.717, 1.165) is 0 Å². The van der Waals surface area contributed by atoms with Gasteiger partial charge in [-0.3, -0.25) is 9.69 Å². The molecule has 0 bridgehead atoms. The number of carbonyl (C=O) groups excluding carboxylic acids is 2. The lowest BCUT2D eigenvalue weighted by atomic mass is 10.3. The van der Waals surface area contributed by atoms with Crippen LogP contribution in [0.5, 0.6) is 0 Å². The van der Waals surface area contributed by atoms with Crippen molar-refractivity contribution in [3.05, 3.63) is 0 Å². The number of carbonyl (C=O) groups is 2. The van der Waals surface area contributed by atoms with Gasteiger partial charge in [-0.2, -0.15) is 0 Å². The van der Waals surface area contributed by atoms with Crippen molar-refractivity contribution in [3.63, 3.8) is 0 Å².